The highest BCUT2D eigenvalue weighted by Crippen LogP contribution is 2.67. The first-order valence-corrected chi connectivity index (χ1v) is 7.81. The minimum Gasteiger partial charge on any atom is -0.0496 e. The molecule has 0 amide bonds. The van der Waals surface area contributed by atoms with E-state index in [0.29, 0.717) is 0 Å². The Bertz CT molecular complexity index is 313. The zero-order chi connectivity index (χ0) is 10.3. The Morgan fingerprint density at radius 3 is 1.75 bits per heavy atom. The SMILES string of the molecule is C1CC23CC1C1CC(C1)C1CC(C1)C(C2)C3. The van der Waals surface area contributed by atoms with E-state index in [1.165, 1.54) is 35.5 Å². The molecule has 0 aromatic rings. The molecule has 9 fully saturated rings. The van der Waals surface area contributed by atoms with Crippen molar-refractivity contribution in [1.82, 2.24) is 0 Å². The van der Waals surface area contributed by atoms with Crippen LogP contribution in [-0.2, 0) is 0 Å². The Hall–Kier alpha value is 0. The summed E-state index contributed by atoms with van der Waals surface area (Å²) >= 11 is 0. The van der Waals surface area contributed by atoms with Crippen LogP contribution >= 0.6 is 0 Å². The van der Waals surface area contributed by atoms with Gasteiger partial charge in [0.05, 0.1) is 0 Å². The van der Waals surface area contributed by atoms with Crippen molar-refractivity contribution in [3.8, 4) is 0 Å². The van der Waals surface area contributed by atoms with Crippen LogP contribution in [0.5, 0.6) is 0 Å². The largest absolute Gasteiger partial charge is 0.0496 e. The third-order valence-electron chi connectivity index (χ3n) is 7.55. The molecule has 0 radical (unpaired) electrons. The summed E-state index contributed by atoms with van der Waals surface area (Å²) in [6.07, 6.45) is 14.7. The van der Waals surface area contributed by atoms with Gasteiger partial charge in [0, 0.05) is 0 Å². The first kappa shape index (κ1) is 9.00. The predicted molar refractivity (Wildman–Crippen MR) is 64.9 cm³/mol. The maximum atomic E-state index is 1.65. The molecule has 7 bridgehead atoms. The van der Waals surface area contributed by atoms with E-state index < -0.39 is 0 Å². The second-order valence-corrected chi connectivity index (χ2v) is 8.15. The van der Waals surface area contributed by atoms with Crippen molar-refractivity contribution in [2.24, 2.45) is 40.9 Å². The topological polar surface area (TPSA) is 0 Å². The summed E-state index contributed by atoms with van der Waals surface area (Å²) in [7, 11) is 0. The van der Waals surface area contributed by atoms with E-state index in [0.717, 1.165) is 5.41 Å². The molecular weight excluding hydrogens is 192 g/mol. The Morgan fingerprint density at radius 1 is 0.562 bits per heavy atom. The lowest BCUT2D eigenvalue weighted by molar-refractivity contribution is -0.0460. The molecule has 0 heterocycles. The molecule has 0 heteroatoms. The zero-order valence-electron chi connectivity index (χ0n) is 10.3. The molecule has 0 N–H and O–H groups in total. The van der Waals surface area contributed by atoms with Gasteiger partial charge in [-0.3, -0.25) is 0 Å². The van der Waals surface area contributed by atoms with E-state index in [2.05, 4.69) is 0 Å². The molecule has 9 aliphatic rings. The maximum absolute atomic E-state index is 1.65. The Labute approximate surface area is 99.2 Å². The molecule has 1 spiro atoms. The van der Waals surface area contributed by atoms with Crippen molar-refractivity contribution in [2.75, 3.05) is 0 Å². The number of hydrogen-bond donors (Lipinski definition) is 0. The van der Waals surface area contributed by atoms with Crippen LogP contribution in [-0.4, -0.2) is 0 Å². The molecule has 88 valence electrons. The summed E-state index contributed by atoms with van der Waals surface area (Å²) in [6.45, 7) is 0. The first-order valence-electron chi connectivity index (χ1n) is 7.81. The quantitative estimate of drug-likeness (QED) is 0.568. The molecular formula is C16H24. The number of rotatable bonds is 0. The molecule has 0 saturated heterocycles. The zero-order valence-corrected chi connectivity index (χ0v) is 10.3. The van der Waals surface area contributed by atoms with Crippen molar-refractivity contribution in [3.05, 3.63) is 0 Å². The van der Waals surface area contributed by atoms with Gasteiger partial charge in [-0.2, -0.15) is 0 Å². The fraction of sp³-hybridized carbons (Fsp3) is 1.00. The van der Waals surface area contributed by atoms with Gasteiger partial charge in [0.1, 0.15) is 0 Å². The third kappa shape index (κ3) is 0.985. The average Bonchev–Trinajstić information content (AvgIpc) is 2.40. The summed E-state index contributed by atoms with van der Waals surface area (Å²) in [5, 5.41) is 0. The lowest BCUT2D eigenvalue weighted by Crippen LogP contribution is -2.45. The van der Waals surface area contributed by atoms with E-state index >= 15 is 0 Å². The summed E-state index contributed by atoms with van der Waals surface area (Å²) in [6, 6.07) is 0. The van der Waals surface area contributed by atoms with Crippen LogP contribution in [0.4, 0.5) is 0 Å². The summed E-state index contributed by atoms with van der Waals surface area (Å²) in [5.41, 5.74) is 0.899. The molecule has 0 aromatic carbocycles. The van der Waals surface area contributed by atoms with Gasteiger partial charge in [-0.05, 0) is 98.7 Å². The van der Waals surface area contributed by atoms with Crippen LogP contribution in [0.2, 0.25) is 0 Å². The van der Waals surface area contributed by atoms with Gasteiger partial charge in [-0.15, -0.1) is 0 Å². The lowest BCUT2D eigenvalue weighted by Gasteiger charge is -2.55. The van der Waals surface area contributed by atoms with E-state index in [4.69, 9.17) is 0 Å². The molecule has 9 saturated carbocycles. The van der Waals surface area contributed by atoms with E-state index in [1.807, 2.05) is 0 Å². The Balaban J connectivity index is 1.45. The van der Waals surface area contributed by atoms with Crippen molar-refractivity contribution in [3.63, 3.8) is 0 Å². The minimum atomic E-state index is 0.899. The minimum absolute atomic E-state index is 0.899. The van der Waals surface area contributed by atoms with Crippen molar-refractivity contribution >= 4 is 0 Å². The molecule has 1 atom stereocenters. The lowest BCUT2D eigenvalue weighted by atomic mass is 9.50. The Morgan fingerprint density at radius 2 is 1.06 bits per heavy atom. The van der Waals surface area contributed by atoms with Crippen LogP contribution < -0.4 is 0 Å². The van der Waals surface area contributed by atoms with E-state index in [-0.39, 0.29) is 0 Å². The van der Waals surface area contributed by atoms with Crippen LogP contribution in [0.3, 0.4) is 0 Å². The third-order valence-corrected chi connectivity index (χ3v) is 7.55. The molecule has 16 heavy (non-hydrogen) atoms. The standard InChI is InChI=1S/C16H24/c1-2-16-7-10(1)11-3-12(4-11)13-5-14(6-13)15(8-16)9-16/h10-15H,1-9H2. The van der Waals surface area contributed by atoms with Gasteiger partial charge in [0.25, 0.3) is 0 Å². The number of hydrogen-bond acceptors (Lipinski definition) is 0. The second kappa shape index (κ2) is 2.70. The highest BCUT2D eigenvalue weighted by atomic mass is 14.6. The first-order chi connectivity index (χ1) is 7.81. The van der Waals surface area contributed by atoms with Gasteiger partial charge >= 0.3 is 0 Å². The Kier molecular flexibility index (Phi) is 1.52. The monoisotopic (exact) mass is 216 g/mol. The van der Waals surface area contributed by atoms with Gasteiger partial charge in [0.2, 0.25) is 0 Å². The van der Waals surface area contributed by atoms with E-state index in [9.17, 15) is 0 Å². The normalized spacial score (nSPS) is 66.0. The van der Waals surface area contributed by atoms with Gasteiger partial charge < -0.3 is 0 Å². The molecule has 1 unspecified atom stereocenters. The average molecular weight is 216 g/mol. The summed E-state index contributed by atoms with van der Waals surface area (Å²) in [5.74, 6) is 7.10. The molecule has 9 aliphatic carbocycles. The van der Waals surface area contributed by atoms with Crippen LogP contribution in [0, 0.1) is 40.9 Å². The summed E-state index contributed by atoms with van der Waals surface area (Å²) < 4.78 is 0. The fourth-order valence-corrected chi connectivity index (χ4v) is 6.37. The highest BCUT2D eigenvalue weighted by molar-refractivity contribution is 5.07. The maximum Gasteiger partial charge on any atom is -0.0289 e. The molecule has 9 rings (SSSR count). The van der Waals surface area contributed by atoms with E-state index in [1.54, 1.807) is 57.8 Å². The molecule has 0 aliphatic heterocycles. The van der Waals surface area contributed by atoms with Crippen molar-refractivity contribution in [2.45, 2.75) is 57.8 Å². The van der Waals surface area contributed by atoms with Crippen LogP contribution in [0.15, 0.2) is 0 Å². The smallest absolute Gasteiger partial charge is 0.0289 e. The fourth-order valence-electron chi connectivity index (χ4n) is 6.37. The van der Waals surface area contributed by atoms with Crippen molar-refractivity contribution in [1.29, 1.82) is 0 Å². The van der Waals surface area contributed by atoms with Crippen LogP contribution in [0.1, 0.15) is 57.8 Å². The second-order valence-electron chi connectivity index (χ2n) is 8.15. The van der Waals surface area contributed by atoms with Gasteiger partial charge in [0.15, 0.2) is 0 Å². The van der Waals surface area contributed by atoms with Crippen molar-refractivity contribution < 1.29 is 0 Å². The molecule has 0 aromatic heterocycles. The van der Waals surface area contributed by atoms with Gasteiger partial charge in [-0.25, -0.2) is 0 Å². The van der Waals surface area contributed by atoms with Gasteiger partial charge in [-0.1, -0.05) is 0 Å². The summed E-state index contributed by atoms with van der Waals surface area (Å²) in [4.78, 5) is 0. The predicted octanol–water partition coefficient (Wildman–Crippen LogP) is 4.25. The van der Waals surface area contributed by atoms with Crippen LogP contribution in [0.25, 0.3) is 0 Å². The molecule has 0 nitrogen and oxygen atoms in total. The highest BCUT2D eigenvalue weighted by Gasteiger charge is 2.57.